The minimum absolute atomic E-state index is 0.0263. The van der Waals surface area contributed by atoms with Crippen molar-refractivity contribution in [2.75, 3.05) is 19.1 Å². The fourth-order valence-corrected chi connectivity index (χ4v) is 2.00. The Morgan fingerprint density at radius 2 is 2.21 bits per heavy atom. The monoisotopic (exact) mass is 220 g/mol. The third-order valence-corrected chi connectivity index (χ3v) is 2.76. The molecule has 1 aliphatic heterocycles. The van der Waals surface area contributed by atoms with Gasteiger partial charge in [0.05, 0.1) is 6.61 Å². The molecule has 0 spiro atoms. The zero-order valence-electron chi connectivity index (χ0n) is 9.22. The zero-order chi connectivity index (χ0) is 10.4. The van der Waals surface area contributed by atoms with Gasteiger partial charge in [-0.3, -0.25) is 0 Å². The van der Waals surface area contributed by atoms with Crippen molar-refractivity contribution in [3.63, 3.8) is 0 Å². The first-order valence-electron chi connectivity index (χ1n) is 5.43. The molecule has 0 bridgehead atoms. The molecular formula is C11H21ClO2. The molecule has 0 aliphatic carbocycles. The topological polar surface area (TPSA) is 18.5 Å². The van der Waals surface area contributed by atoms with Crippen molar-refractivity contribution in [2.45, 2.75) is 45.8 Å². The van der Waals surface area contributed by atoms with Crippen LogP contribution in [0.5, 0.6) is 0 Å². The van der Waals surface area contributed by atoms with Crippen LogP contribution in [0.3, 0.4) is 0 Å². The highest BCUT2D eigenvalue weighted by Crippen LogP contribution is 2.23. The molecule has 1 heterocycles. The van der Waals surface area contributed by atoms with E-state index in [2.05, 4.69) is 13.8 Å². The van der Waals surface area contributed by atoms with Crippen molar-refractivity contribution in [2.24, 2.45) is 5.41 Å². The zero-order valence-corrected chi connectivity index (χ0v) is 9.98. The van der Waals surface area contributed by atoms with Crippen LogP contribution in [0.25, 0.3) is 0 Å². The van der Waals surface area contributed by atoms with Crippen molar-refractivity contribution in [3.05, 3.63) is 0 Å². The van der Waals surface area contributed by atoms with E-state index < -0.39 is 0 Å². The average Bonchev–Trinajstić information content (AvgIpc) is 2.17. The Hall–Kier alpha value is 0.210. The van der Waals surface area contributed by atoms with Crippen LogP contribution in [-0.2, 0) is 9.47 Å². The predicted molar refractivity (Wildman–Crippen MR) is 58.7 cm³/mol. The maximum absolute atomic E-state index is 5.72. The van der Waals surface area contributed by atoms with Crippen molar-refractivity contribution in [1.29, 1.82) is 0 Å². The maximum atomic E-state index is 5.72. The Morgan fingerprint density at radius 1 is 1.43 bits per heavy atom. The predicted octanol–water partition coefficient (Wildman–Crippen LogP) is 3.18. The molecule has 1 atom stereocenters. The van der Waals surface area contributed by atoms with Gasteiger partial charge >= 0.3 is 0 Å². The lowest BCUT2D eigenvalue weighted by Crippen LogP contribution is -2.28. The van der Waals surface area contributed by atoms with Gasteiger partial charge in [-0.1, -0.05) is 13.8 Å². The van der Waals surface area contributed by atoms with Crippen molar-refractivity contribution in [3.8, 4) is 0 Å². The van der Waals surface area contributed by atoms with E-state index in [1.54, 1.807) is 0 Å². The molecule has 2 nitrogen and oxygen atoms in total. The summed E-state index contributed by atoms with van der Waals surface area (Å²) in [5.74, 6) is 0.696. The van der Waals surface area contributed by atoms with Crippen LogP contribution in [0.15, 0.2) is 0 Å². The Kier molecular flexibility index (Phi) is 5.21. The van der Waals surface area contributed by atoms with E-state index in [4.69, 9.17) is 21.1 Å². The number of halogens is 1. The minimum atomic E-state index is 0.0263. The number of rotatable bonds is 5. The van der Waals surface area contributed by atoms with Gasteiger partial charge in [-0.2, -0.15) is 0 Å². The van der Waals surface area contributed by atoms with Crippen LogP contribution in [0.4, 0.5) is 0 Å². The summed E-state index contributed by atoms with van der Waals surface area (Å²) in [7, 11) is 0. The molecule has 1 unspecified atom stereocenters. The third-order valence-electron chi connectivity index (χ3n) is 2.57. The Bertz CT molecular complexity index is 153. The molecule has 0 aromatic rings. The van der Waals surface area contributed by atoms with Gasteiger partial charge in [0.25, 0.3) is 0 Å². The van der Waals surface area contributed by atoms with Crippen molar-refractivity contribution < 1.29 is 9.47 Å². The second-order valence-electron chi connectivity index (χ2n) is 4.71. The highest BCUT2D eigenvalue weighted by Gasteiger charge is 2.21. The molecular weight excluding hydrogens is 200 g/mol. The van der Waals surface area contributed by atoms with Crippen LogP contribution in [0.1, 0.15) is 39.5 Å². The van der Waals surface area contributed by atoms with E-state index in [0.29, 0.717) is 5.88 Å². The second kappa shape index (κ2) is 5.94. The quantitative estimate of drug-likeness (QED) is 0.663. The standard InChI is InChI=1S/C11H21ClO2/c1-11(2,6-7-12)9-14-10-5-3-4-8-13-10/h10H,3-9H2,1-2H3. The largest absolute Gasteiger partial charge is 0.353 e. The lowest BCUT2D eigenvalue weighted by Gasteiger charge is -2.28. The van der Waals surface area contributed by atoms with Crippen LogP contribution in [-0.4, -0.2) is 25.4 Å². The normalized spacial score (nSPS) is 23.8. The Balaban J connectivity index is 2.17. The summed E-state index contributed by atoms with van der Waals surface area (Å²) < 4.78 is 11.2. The molecule has 3 heteroatoms. The first kappa shape index (κ1) is 12.3. The molecule has 1 aliphatic rings. The van der Waals surface area contributed by atoms with E-state index in [0.717, 1.165) is 26.1 Å². The molecule has 84 valence electrons. The summed E-state index contributed by atoms with van der Waals surface area (Å²) in [4.78, 5) is 0. The summed E-state index contributed by atoms with van der Waals surface area (Å²) in [5, 5.41) is 0. The first-order valence-corrected chi connectivity index (χ1v) is 5.97. The van der Waals surface area contributed by atoms with Gasteiger partial charge in [-0.25, -0.2) is 0 Å². The molecule has 14 heavy (non-hydrogen) atoms. The number of hydrogen-bond acceptors (Lipinski definition) is 2. The number of ether oxygens (including phenoxy) is 2. The summed E-state index contributed by atoms with van der Waals surface area (Å²) in [6.45, 7) is 5.95. The average molecular weight is 221 g/mol. The fraction of sp³-hybridized carbons (Fsp3) is 1.00. The highest BCUT2D eigenvalue weighted by atomic mass is 35.5. The molecule has 0 N–H and O–H groups in total. The van der Waals surface area contributed by atoms with Crippen LogP contribution in [0, 0.1) is 5.41 Å². The van der Waals surface area contributed by atoms with E-state index >= 15 is 0 Å². The summed E-state index contributed by atoms with van der Waals surface area (Å²) >= 11 is 5.72. The summed E-state index contributed by atoms with van der Waals surface area (Å²) in [6.07, 6.45) is 4.45. The van der Waals surface area contributed by atoms with E-state index in [-0.39, 0.29) is 11.7 Å². The number of hydrogen-bond donors (Lipinski definition) is 0. The Morgan fingerprint density at radius 3 is 2.79 bits per heavy atom. The van der Waals surface area contributed by atoms with Gasteiger partial charge in [0, 0.05) is 12.5 Å². The molecule has 1 rings (SSSR count). The first-order chi connectivity index (χ1) is 6.64. The summed E-state index contributed by atoms with van der Waals surface area (Å²) in [5.41, 5.74) is 0.169. The fourth-order valence-electron chi connectivity index (χ4n) is 1.49. The van der Waals surface area contributed by atoms with Crippen LogP contribution in [0.2, 0.25) is 0 Å². The molecule has 0 saturated carbocycles. The van der Waals surface area contributed by atoms with Gasteiger partial charge in [0.2, 0.25) is 0 Å². The molecule has 1 saturated heterocycles. The SMILES string of the molecule is CC(C)(CCCl)COC1CCCCO1. The molecule has 0 radical (unpaired) electrons. The lowest BCUT2D eigenvalue weighted by atomic mass is 9.91. The highest BCUT2D eigenvalue weighted by molar-refractivity contribution is 6.17. The lowest BCUT2D eigenvalue weighted by molar-refractivity contribution is -0.176. The minimum Gasteiger partial charge on any atom is -0.353 e. The van der Waals surface area contributed by atoms with E-state index in [9.17, 15) is 0 Å². The van der Waals surface area contributed by atoms with Gasteiger partial charge in [-0.15, -0.1) is 11.6 Å². The van der Waals surface area contributed by atoms with Crippen molar-refractivity contribution in [1.82, 2.24) is 0 Å². The van der Waals surface area contributed by atoms with Crippen LogP contribution < -0.4 is 0 Å². The number of alkyl halides is 1. The van der Waals surface area contributed by atoms with Gasteiger partial charge in [0.15, 0.2) is 6.29 Å². The molecule has 0 aromatic heterocycles. The van der Waals surface area contributed by atoms with E-state index in [1.807, 2.05) is 0 Å². The molecule has 0 amide bonds. The van der Waals surface area contributed by atoms with Crippen molar-refractivity contribution >= 4 is 11.6 Å². The molecule has 0 aromatic carbocycles. The van der Waals surface area contributed by atoms with Gasteiger partial charge in [-0.05, 0) is 31.1 Å². The third kappa shape index (κ3) is 4.63. The van der Waals surface area contributed by atoms with Crippen LogP contribution >= 0.6 is 11.6 Å². The Labute approximate surface area is 91.9 Å². The molecule has 1 fully saturated rings. The van der Waals surface area contributed by atoms with E-state index in [1.165, 1.54) is 12.8 Å². The summed E-state index contributed by atoms with van der Waals surface area (Å²) in [6, 6.07) is 0. The second-order valence-corrected chi connectivity index (χ2v) is 5.09. The maximum Gasteiger partial charge on any atom is 0.157 e. The smallest absolute Gasteiger partial charge is 0.157 e. The van der Waals surface area contributed by atoms with Gasteiger partial charge < -0.3 is 9.47 Å². The van der Waals surface area contributed by atoms with Gasteiger partial charge in [0.1, 0.15) is 0 Å².